The Morgan fingerprint density at radius 1 is 1.19 bits per heavy atom. The number of piperidine rings is 1. The number of nitrogens with one attached hydrogen (secondary N) is 1. The Bertz CT molecular complexity index is 1080. The lowest BCUT2D eigenvalue weighted by atomic mass is 9.81. The summed E-state index contributed by atoms with van der Waals surface area (Å²) in [6.07, 6.45) is 2.17. The number of rotatable bonds is 5. The first kappa shape index (κ1) is 22.4. The predicted molar refractivity (Wildman–Crippen MR) is 109 cm³/mol. The van der Waals surface area contributed by atoms with Gasteiger partial charge in [0.2, 0.25) is 5.91 Å². The first-order chi connectivity index (χ1) is 14.4. The summed E-state index contributed by atoms with van der Waals surface area (Å²) in [5.41, 5.74) is -0.263. The summed E-state index contributed by atoms with van der Waals surface area (Å²) in [7, 11) is -6.64. The molecule has 172 valence electrons. The van der Waals surface area contributed by atoms with E-state index >= 15 is 0 Å². The molecule has 0 radical (unpaired) electrons. The van der Waals surface area contributed by atoms with Crippen LogP contribution < -0.4 is 10.2 Å². The Balaban J connectivity index is 1.45. The van der Waals surface area contributed by atoms with Crippen LogP contribution in [0.3, 0.4) is 0 Å². The minimum atomic E-state index is -3.67. The molecule has 3 fully saturated rings. The third kappa shape index (κ3) is 4.70. The number of amides is 1. The van der Waals surface area contributed by atoms with E-state index in [9.17, 15) is 30.4 Å². The molecule has 3 aliphatic rings. The van der Waals surface area contributed by atoms with Crippen LogP contribution in [0.4, 0.5) is 14.5 Å². The van der Waals surface area contributed by atoms with Gasteiger partial charge in [-0.1, -0.05) is 0 Å². The normalized spacial score (nSPS) is 27.2. The summed E-state index contributed by atoms with van der Waals surface area (Å²) in [6, 6.07) is 1.71. The molecule has 0 bridgehead atoms. The van der Waals surface area contributed by atoms with Crippen molar-refractivity contribution in [2.75, 3.05) is 42.4 Å². The number of nitrogens with zero attached hydrogens (tertiary/aromatic N) is 1. The SMILES string of the molecule is CS(=O)(=O)OCC1C[C@H](c2cc(F)c(N3CCC4(CC3)CS(=O)(=O)C4)c(F)c2)C(=O)N1. The number of carbonyl (C=O) groups excluding carboxylic acids is 1. The van der Waals surface area contributed by atoms with E-state index in [1.165, 1.54) is 0 Å². The number of sulfone groups is 1. The van der Waals surface area contributed by atoms with Crippen molar-refractivity contribution in [1.82, 2.24) is 5.32 Å². The zero-order chi connectivity index (χ0) is 22.6. The summed E-state index contributed by atoms with van der Waals surface area (Å²) < 4.78 is 79.7. The third-order valence-electron chi connectivity index (χ3n) is 6.30. The third-order valence-corrected chi connectivity index (χ3v) is 8.97. The van der Waals surface area contributed by atoms with Crippen molar-refractivity contribution in [3.63, 3.8) is 0 Å². The number of benzene rings is 1. The number of carbonyl (C=O) groups is 1. The first-order valence-corrected chi connectivity index (χ1v) is 13.6. The molecular formula is C19H24F2N2O6S2. The minimum Gasteiger partial charge on any atom is -0.367 e. The molecule has 1 amide bonds. The van der Waals surface area contributed by atoms with E-state index in [1.54, 1.807) is 4.90 Å². The quantitative estimate of drug-likeness (QED) is 0.627. The van der Waals surface area contributed by atoms with Crippen molar-refractivity contribution < 1.29 is 34.6 Å². The van der Waals surface area contributed by atoms with E-state index in [2.05, 4.69) is 5.32 Å². The highest BCUT2D eigenvalue weighted by Gasteiger charge is 2.50. The van der Waals surface area contributed by atoms with Crippen LogP contribution in [0.5, 0.6) is 0 Å². The summed E-state index contributed by atoms with van der Waals surface area (Å²) >= 11 is 0. The zero-order valence-corrected chi connectivity index (χ0v) is 18.6. The van der Waals surface area contributed by atoms with Gasteiger partial charge in [-0.05, 0) is 37.0 Å². The minimum absolute atomic E-state index is 0.138. The van der Waals surface area contributed by atoms with Crippen molar-refractivity contribution >= 4 is 31.5 Å². The standard InChI is InChI=1S/C19H24F2N2O6S2/c1-30(25,26)29-9-13-8-14(18(24)22-13)12-6-15(20)17(16(21)7-12)23-4-2-19(3-5-23)10-31(27,28)11-19/h6-7,13-14H,2-5,8-11H2,1H3,(H,22,24)/t13?,14-/m1/s1. The van der Waals surface area contributed by atoms with Gasteiger partial charge in [0.25, 0.3) is 10.1 Å². The van der Waals surface area contributed by atoms with Crippen molar-refractivity contribution in [3.05, 3.63) is 29.3 Å². The molecule has 4 rings (SSSR count). The van der Waals surface area contributed by atoms with Crippen LogP contribution in [0.25, 0.3) is 0 Å². The topological polar surface area (TPSA) is 110 Å². The van der Waals surface area contributed by atoms with Gasteiger partial charge < -0.3 is 10.2 Å². The molecule has 1 unspecified atom stereocenters. The van der Waals surface area contributed by atoms with Gasteiger partial charge in [0, 0.05) is 18.5 Å². The molecular weight excluding hydrogens is 454 g/mol. The van der Waals surface area contributed by atoms with Crippen LogP contribution in [-0.2, 0) is 28.9 Å². The smallest absolute Gasteiger partial charge is 0.264 e. The summed E-state index contributed by atoms with van der Waals surface area (Å²) in [5.74, 6) is -2.54. The largest absolute Gasteiger partial charge is 0.367 e. The Kier molecular flexibility index (Phi) is 5.54. The lowest BCUT2D eigenvalue weighted by Gasteiger charge is -2.47. The van der Waals surface area contributed by atoms with Crippen LogP contribution in [0.2, 0.25) is 0 Å². The maximum atomic E-state index is 14.9. The maximum absolute atomic E-state index is 14.9. The van der Waals surface area contributed by atoms with Crippen molar-refractivity contribution in [2.45, 2.75) is 31.2 Å². The Morgan fingerprint density at radius 3 is 2.29 bits per heavy atom. The molecule has 0 aromatic heterocycles. The second-order valence-electron chi connectivity index (χ2n) is 8.83. The lowest BCUT2D eigenvalue weighted by Crippen LogP contribution is -2.54. The fourth-order valence-corrected chi connectivity index (χ4v) is 7.60. The highest BCUT2D eigenvalue weighted by Crippen LogP contribution is 2.44. The van der Waals surface area contributed by atoms with E-state index in [1.807, 2.05) is 0 Å². The second-order valence-corrected chi connectivity index (χ2v) is 12.5. The average molecular weight is 479 g/mol. The molecule has 3 aliphatic heterocycles. The van der Waals surface area contributed by atoms with Gasteiger partial charge in [0.05, 0.1) is 36.3 Å². The number of hydrogen-bond acceptors (Lipinski definition) is 7. The van der Waals surface area contributed by atoms with Crippen LogP contribution in [0.15, 0.2) is 12.1 Å². The molecule has 1 aromatic rings. The highest BCUT2D eigenvalue weighted by atomic mass is 32.2. The fourth-order valence-electron chi connectivity index (χ4n) is 4.83. The molecule has 2 atom stereocenters. The monoisotopic (exact) mass is 478 g/mol. The van der Waals surface area contributed by atoms with Crippen LogP contribution in [-0.4, -0.2) is 66.2 Å². The molecule has 1 N–H and O–H groups in total. The van der Waals surface area contributed by atoms with Crippen molar-refractivity contribution in [2.24, 2.45) is 5.41 Å². The van der Waals surface area contributed by atoms with E-state index in [0.717, 1.165) is 18.4 Å². The molecule has 1 aromatic carbocycles. The highest BCUT2D eigenvalue weighted by molar-refractivity contribution is 7.92. The Labute approximate surface area is 180 Å². The van der Waals surface area contributed by atoms with Gasteiger partial charge in [0.15, 0.2) is 9.84 Å². The summed E-state index contributed by atoms with van der Waals surface area (Å²) in [4.78, 5) is 13.8. The van der Waals surface area contributed by atoms with Gasteiger partial charge in [-0.25, -0.2) is 17.2 Å². The molecule has 0 aliphatic carbocycles. The van der Waals surface area contributed by atoms with Crippen LogP contribution in [0, 0.1) is 17.0 Å². The van der Waals surface area contributed by atoms with E-state index in [-0.39, 0.29) is 41.2 Å². The summed E-state index contributed by atoms with van der Waals surface area (Å²) in [6.45, 7) is 0.477. The van der Waals surface area contributed by atoms with E-state index in [4.69, 9.17) is 4.18 Å². The lowest BCUT2D eigenvalue weighted by molar-refractivity contribution is -0.120. The maximum Gasteiger partial charge on any atom is 0.264 e. The van der Waals surface area contributed by atoms with Crippen LogP contribution >= 0.6 is 0 Å². The molecule has 3 heterocycles. The molecule has 12 heteroatoms. The van der Waals surface area contributed by atoms with Gasteiger partial charge in [0.1, 0.15) is 17.3 Å². The number of halogens is 2. The fraction of sp³-hybridized carbons (Fsp3) is 0.632. The van der Waals surface area contributed by atoms with Gasteiger partial charge >= 0.3 is 0 Å². The Hall–Kier alpha value is -1.79. The molecule has 8 nitrogen and oxygen atoms in total. The van der Waals surface area contributed by atoms with Crippen LogP contribution in [0.1, 0.15) is 30.7 Å². The van der Waals surface area contributed by atoms with Crippen molar-refractivity contribution in [3.8, 4) is 0 Å². The molecule has 0 saturated carbocycles. The van der Waals surface area contributed by atoms with Gasteiger partial charge in [-0.2, -0.15) is 8.42 Å². The van der Waals surface area contributed by atoms with Gasteiger partial charge in [-0.15, -0.1) is 0 Å². The number of hydrogen-bond donors (Lipinski definition) is 1. The molecule has 31 heavy (non-hydrogen) atoms. The predicted octanol–water partition coefficient (Wildman–Crippen LogP) is 0.928. The van der Waals surface area contributed by atoms with Gasteiger partial charge in [-0.3, -0.25) is 8.98 Å². The number of anilines is 1. The first-order valence-electron chi connectivity index (χ1n) is 9.96. The average Bonchev–Trinajstić information content (AvgIpc) is 3.00. The summed E-state index contributed by atoms with van der Waals surface area (Å²) in [5, 5.41) is 2.59. The van der Waals surface area contributed by atoms with E-state index < -0.39 is 49.5 Å². The van der Waals surface area contributed by atoms with E-state index in [0.29, 0.717) is 25.9 Å². The molecule has 3 saturated heterocycles. The molecule has 1 spiro atoms. The van der Waals surface area contributed by atoms with Crippen molar-refractivity contribution in [1.29, 1.82) is 0 Å². The second kappa shape index (κ2) is 7.66. The Morgan fingerprint density at radius 2 is 1.77 bits per heavy atom. The zero-order valence-electron chi connectivity index (χ0n) is 16.9.